The van der Waals surface area contributed by atoms with Crippen LogP contribution < -0.4 is 16.2 Å². The number of aliphatic hydroxyl groups excluding tert-OH is 2. The predicted molar refractivity (Wildman–Crippen MR) is 133 cm³/mol. The monoisotopic (exact) mass is 460 g/mol. The van der Waals surface area contributed by atoms with Gasteiger partial charge in [-0.25, -0.2) is 4.98 Å². The molecule has 0 aliphatic heterocycles. The van der Waals surface area contributed by atoms with Crippen LogP contribution in [0.15, 0.2) is 57.7 Å². The SMILES string of the molecule is C\C=C(Cl)/C(C)=C\C(=C\CC)Nc1cc2ccn(CCO)c(=O)c2c(NC(C)(C)CO)n1. The number of hydrogen-bond acceptors (Lipinski definition) is 6. The number of rotatable bonds is 10. The van der Waals surface area contributed by atoms with E-state index in [1.54, 1.807) is 12.3 Å². The molecule has 0 amide bonds. The standard InChI is InChI=1S/C24H33ClN4O3/c1-6-8-18(13-16(3)19(25)7-2)26-20-14-17-9-10-29(11-12-30)23(32)21(17)22(27-20)28-24(4,5)15-31/h7-10,13-14,30-31H,6,11-12,15H2,1-5H3,(H2,26,27,28)/b16-13-,18-8-,19-7+. The second-order valence-corrected chi connectivity index (χ2v) is 8.59. The van der Waals surface area contributed by atoms with Gasteiger partial charge in [-0.2, -0.15) is 0 Å². The highest BCUT2D eigenvalue weighted by Gasteiger charge is 2.20. The van der Waals surface area contributed by atoms with E-state index in [4.69, 9.17) is 11.6 Å². The van der Waals surface area contributed by atoms with Crippen LogP contribution in [0.4, 0.5) is 11.6 Å². The summed E-state index contributed by atoms with van der Waals surface area (Å²) in [5.74, 6) is 0.915. The number of fused-ring (bicyclic) bond motifs is 1. The summed E-state index contributed by atoms with van der Waals surface area (Å²) in [5, 5.41) is 27.3. The average molecular weight is 461 g/mol. The summed E-state index contributed by atoms with van der Waals surface area (Å²) in [5.41, 5.74) is 0.791. The van der Waals surface area contributed by atoms with Crippen molar-refractivity contribution in [1.29, 1.82) is 0 Å². The van der Waals surface area contributed by atoms with E-state index in [-0.39, 0.29) is 25.3 Å². The summed E-state index contributed by atoms with van der Waals surface area (Å²) in [6.45, 7) is 9.40. The van der Waals surface area contributed by atoms with E-state index in [1.165, 1.54) is 4.57 Å². The van der Waals surface area contributed by atoms with Gasteiger partial charge in [-0.3, -0.25) is 4.79 Å². The third-order valence-corrected chi connectivity index (χ3v) is 5.37. The Hall–Kier alpha value is -2.61. The van der Waals surface area contributed by atoms with Crippen LogP contribution in [0.25, 0.3) is 10.8 Å². The maximum absolute atomic E-state index is 13.1. The Morgan fingerprint density at radius 3 is 2.66 bits per heavy atom. The molecule has 7 nitrogen and oxygen atoms in total. The second-order valence-electron chi connectivity index (χ2n) is 8.18. The Morgan fingerprint density at radius 1 is 1.34 bits per heavy atom. The minimum absolute atomic E-state index is 0.143. The molecule has 0 saturated carbocycles. The summed E-state index contributed by atoms with van der Waals surface area (Å²) < 4.78 is 1.45. The number of nitrogens with zero attached hydrogens (tertiary/aromatic N) is 2. The first-order valence-electron chi connectivity index (χ1n) is 10.7. The quantitative estimate of drug-likeness (QED) is 0.393. The lowest BCUT2D eigenvalue weighted by Gasteiger charge is -2.25. The number of halogens is 1. The van der Waals surface area contributed by atoms with Crippen molar-refractivity contribution >= 4 is 34.0 Å². The van der Waals surface area contributed by atoms with Gasteiger partial charge in [0.1, 0.15) is 11.6 Å². The van der Waals surface area contributed by atoms with Crippen LogP contribution in [0.1, 0.15) is 41.0 Å². The second kappa shape index (κ2) is 11.3. The summed E-state index contributed by atoms with van der Waals surface area (Å²) in [7, 11) is 0. The van der Waals surface area contributed by atoms with Crippen LogP contribution >= 0.6 is 11.6 Å². The van der Waals surface area contributed by atoms with Crippen molar-refractivity contribution in [3.05, 3.63) is 63.2 Å². The van der Waals surface area contributed by atoms with Crippen LogP contribution in [0, 0.1) is 0 Å². The van der Waals surface area contributed by atoms with Crippen molar-refractivity contribution in [2.75, 3.05) is 23.8 Å². The van der Waals surface area contributed by atoms with E-state index in [0.717, 1.165) is 17.7 Å². The zero-order valence-electron chi connectivity index (χ0n) is 19.4. The first-order chi connectivity index (χ1) is 15.1. The highest BCUT2D eigenvalue weighted by Crippen LogP contribution is 2.26. The molecule has 2 aromatic heterocycles. The Balaban J connectivity index is 2.63. The highest BCUT2D eigenvalue weighted by atomic mass is 35.5. The third-order valence-electron chi connectivity index (χ3n) is 4.85. The predicted octanol–water partition coefficient (Wildman–Crippen LogP) is 4.37. The highest BCUT2D eigenvalue weighted by molar-refractivity contribution is 6.31. The topological polar surface area (TPSA) is 99.4 Å². The van der Waals surface area contributed by atoms with E-state index < -0.39 is 5.54 Å². The van der Waals surface area contributed by atoms with Gasteiger partial charge in [-0.15, -0.1) is 0 Å². The molecule has 0 atom stereocenters. The Bertz CT molecular complexity index is 1100. The third kappa shape index (κ3) is 6.45. The fourth-order valence-corrected chi connectivity index (χ4v) is 3.20. The number of nitrogens with one attached hydrogen (secondary N) is 2. The zero-order chi connectivity index (χ0) is 23.9. The molecular weight excluding hydrogens is 428 g/mol. The van der Waals surface area contributed by atoms with Crippen LogP contribution in [-0.4, -0.2) is 38.5 Å². The van der Waals surface area contributed by atoms with Gasteiger partial charge in [-0.05, 0) is 63.3 Å². The van der Waals surface area contributed by atoms with Gasteiger partial charge in [0.15, 0.2) is 0 Å². The molecule has 0 unspecified atom stereocenters. The zero-order valence-corrected chi connectivity index (χ0v) is 20.1. The van der Waals surface area contributed by atoms with Crippen LogP contribution in [0.5, 0.6) is 0 Å². The van der Waals surface area contributed by atoms with E-state index in [2.05, 4.69) is 15.6 Å². The van der Waals surface area contributed by atoms with E-state index in [9.17, 15) is 15.0 Å². The molecule has 0 aliphatic carbocycles. The van der Waals surface area contributed by atoms with E-state index in [0.29, 0.717) is 27.4 Å². The lowest BCUT2D eigenvalue weighted by molar-refractivity contribution is 0.234. The molecule has 0 radical (unpaired) electrons. The Labute approximate surface area is 194 Å². The lowest BCUT2D eigenvalue weighted by atomic mass is 10.1. The lowest BCUT2D eigenvalue weighted by Crippen LogP contribution is -2.36. The number of aromatic nitrogens is 2. The summed E-state index contributed by atoms with van der Waals surface area (Å²) in [6, 6.07) is 3.62. The van der Waals surface area contributed by atoms with Crippen LogP contribution in [-0.2, 0) is 6.54 Å². The molecule has 2 rings (SSSR count). The van der Waals surface area contributed by atoms with Gasteiger partial charge in [0, 0.05) is 23.5 Å². The Morgan fingerprint density at radius 2 is 2.06 bits per heavy atom. The molecule has 174 valence electrons. The molecule has 0 aromatic carbocycles. The number of aliphatic hydroxyl groups is 2. The largest absolute Gasteiger partial charge is 0.395 e. The minimum Gasteiger partial charge on any atom is -0.395 e. The molecule has 2 heterocycles. The van der Waals surface area contributed by atoms with Gasteiger partial charge < -0.3 is 25.4 Å². The van der Waals surface area contributed by atoms with Gasteiger partial charge in [0.05, 0.1) is 24.1 Å². The molecule has 0 saturated heterocycles. The Kier molecular flexibility index (Phi) is 9.07. The molecular formula is C24H33ClN4O3. The van der Waals surface area contributed by atoms with Gasteiger partial charge in [0.2, 0.25) is 0 Å². The van der Waals surface area contributed by atoms with E-state index in [1.807, 2.05) is 58.9 Å². The summed E-state index contributed by atoms with van der Waals surface area (Å²) >= 11 is 6.25. The molecule has 0 spiro atoms. The maximum atomic E-state index is 13.1. The van der Waals surface area contributed by atoms with Crippen molar-refractivity contribution < 1.29 is 10.2 Å². The average Bonchev–Trinajstić information content (AvgIpc) is 2.74. The fraction of sp³-hybridized carbons (Fsp3) is 0.417. The van der Waals surface area contributed by atoms with Crippen LogP contribution in [0.3, 0.4) is 0 Å². The molecule has 0 bridgehead atoms. The van der Waals surface area contributed by atoms with Gasteiger partial charge >= 0.3 is 0 Å². The number of hydrogen-bond donors (Lipinski definition) is 4. The van der Waals surface area contributed by atoms with Gasteiger partial charge in [0.25, 0.3) is 5.56 Å². The molecule has 4 N–H and O–H groups in total. The first-order valence-corrected chi connectivity index (χ1v) is 11.0. The molecule has 2 aromatic rings. The van der Waals surface area contributed by atoms with Crippen molar-refractivity contribution in [2.24, 2.45) is 0 Å². The minimum atomic E-state index is -0.694. The molecule has 32 heavy (non-hydrogen) atoms. The maximum Gasteiger partial charge on any atom is 0.262 e. The van der Waals surface area contributed by atoms with Crippen LogP contribution in [0.2, 0.25) is 0 Å². The van der Waals surface area contributed by atoms with Gasteiger partial charge in [-0.1, -0.05) is 30.7 Å². The number of pyridine rings is 2. The molecule has 8 heteroatoms. The number of anilines is 2. The van der Waals surface area contributed by atoms with Crippen molar-refractivity contribution in [1.82, 2.24) is 9.55 Å². The van der Waals surface area contributed by atoms with Crippen molar-refractivity contribution in [2.45, 2.75) is 53.1 Å². The van der Waals surface area contributed by atoms with Crippen molar-refractivity contribution in [3.8, 4) is 0 Å². The normalized spacial score (nSPS) is 13.6. The molecule has 0 aliphatic rings. The summed E-state index contributed by atoms with van der Waals surface area (Å²) in [4.78, 5) is 17.7. The number of allylic oxidation sites excluding steroid dienone is 5. The summed E-state index contributed by atoms with van der Waals surface area (Å²) in [6.07, 6.45) is 8.27. The molecule has 0 fully saturated rings. The smallest absolute Gasteiger partial charge is 0.262 e. The van der Waals surface area contributed by atoms with E-state index >= 15 is 0 Å². The first kappa shape index (κ1) is 25.6. The fourth-order valence-electron chi connectivity index (χ4n) is 3.14. The van der Waals surface area contributed by atoms with Crippen molar-refractivity contribution in [3.63, 3.8) is 0 Å².